The van der Waals surface area contributed by atoms with Crippen LogP contribution in [0, 0.1) is 0 Å². The van der Waals surface area contributed by atoms with E-state index in [0.29, 0.717) is 5.56 Å². The van der Waals surface area contributed by atoms with Gasteiger partial charge in [0.05, 0.1) is 25.0 Å². The molecule has 0 aliphatic rings. The van der Waals surface area contributed by atoms with Gasteiger partial charge in [0.25, 0.3) is 5.08 Å². The summed E-state index contributed by atoms with van der Waals surface area (Å²) in [4.78, 5) is 62.1. The molecule has 15 nitrogen and oxygen atoms in total. The van der Waals surface area contributed by atoms with Gasteiger partial charge >= 0.3 is 21.2 Å². The monoisotopic (exact) mass is 469 g/mol. The molecule has 0 fully saturated rings. The minimum Gasteiger partial charge on any atom is -0.480 e. The number of carbonyl (C=O) groups is 2. The Hall–Kier alpha value is -2.48. The second-order valence-electron chi connectivity index (χ2n) is 5.30. The topological polar surface area (TPSA) is 272 Å². The van der Waals surface area contributed by atoms with Crippen molar-refractivity contribution in [1.29, 1.82) is 0 Å². The third kappa shape index (κ3) is 8.90. The molecule has 0 aliphatic heterocycles. The van der Waals surface area contributed by atoms with Gasteiger partial charge in [-0.1, -0.05) is 0 Å². The molecule has 168 valence electrons. The van der Waals surface area contributed by atoms with Gasteiger partial charge in [-0.3, -0.25) is 23.7 Å². The number of primary amides is 1. The lowest BCUT2D eigenvalue weighted by molar-refractivity contribution is -0.135. The Balaban J connectivity index is 0.000000502. The number of nitrogens with two attached hydrogens (primary N) is 2. The molecule has 2 aromatic rings. The number of pyridine rings is 1. The molecule has 0 spiro atoms. The number of aromatic nitrogens is 3. The average Bonchev–Trinajstić information content (AvgIpc) is 3.14. The van der Waals surface area contributed by atoms with Crippen molar-refractivity contribution in [3.8, 4) is 0 Å². The number of carbonyl (C=O) groups excluding carboxylic acids is 1. The number of amides is 1. The number of hydrogen-bond donors (Lipinski definition) is 8. The van der Waals surface area contributed by atoms with Crippen LogP contribution in [0.1, 0.15) is 10.4 Å². The number of nitrogens with zero attached hydrogens (tertiary/aromatic N) is 3. The molecule has 17 heteroatoms. The molecule has 2 aromatic heterocycles. The number of hydrogen-bond acceptors (Lipinski definition) is 8. The summed E-state index contributed by atoms with van der Waals surface area (Å²) in [7, 11) is -10.8. The largest absolute Gasteiger partial charge is 0.480 e. The van der Waals surface area contributed by atoms with Crippen molar-refractivity contribution in [3.63, 3.8) is 0 Å². The maximum Gasteiger partial charge on any atom is 0.371 e. The number of aliphatic hydroxyl groups is 1. The second kappa shape index (κ2) is 11.6. The zero-order chi connectivity index (χ0) is 23.6. The summed E-state index contributed by atoms with van der Waals surface area (Å²) >= 11 is 0. The van der Waals surface area contributed by atoms with Gasteiger partial charge in [0, 0.05) is 24.8 Å². The summed E-state index contributed by atoms with van der Waals surface area (Å²) in [5.41, 5.74) is 9.95. The molecule has 0 saturated carbocycles. The van der Waals surface area contributed by atoms with Crippen LogP contribution in [0.2, 0.25) is 0 Å². The van der Waals surface area contributed by atoms with E-state index in [0.717, 1.165) is 10.9 Å². The van der Waals surface area contributed by atoms with Gasteiger partial charge in [-0.15, -0.1) is 0 Å². The van der Waals surface area contributed by atoms with Crippen LogP contribution in [0.5, 0.6) is 0 Å². The van der Waals surface area contributed by atoms with Crippen LogP contribution in [0.25, 0.3) is 0 Å². The number of carboxylic acids is 1. The molecule has 2 rings (SSSR count). The first kappa shape index (κ1) is 27.5. The van der Waals surface area contributed by atoms with E-state index in [1.54, 1.807) is 18.3 Å². The van der Waals surface area contributed by atoms with Crippen LogP contribution in [-0.4, -0.2) is 67.8 Å². The van der Waals surface area contributed by atoms with Crippen LogP contribution in [0.4, 0.5) is 0 Å². The second-order valence-corrected chi connectivity index (χ2v) is 9.31. The van der Waals surface area contributed by atoms with E-state index in [1.165, 1.54) is 18.6 Å². The Morgan fingerprint density at radius 1 is 1.10 bits per heavy atom. The van der Waals surface area contributed by atoms with Crippen molar-refractivity contribution >= 4 is 27.1 Å². The van der Waals surface area contributed by atoms with E-state index in [1.807, 2.05) is 0 Å². The summed E-state index contributed by atoms with van der Waals surface area (Å²) in [6.45, 7) is -1.23. The average molecular weight is 469 g/mol. The summed E-state index contributed by atoms with van der Waals surface area (Å²) in [5.74, 6) is -1.41. The van der Waals surface area contributed by atoms with Crippen molar-refractivity contribution in [2.24, 2.45) is 11.5 Å². The normalized spacial score (nSPS) is 11.4. The lowest BCUT2D eigenvalue weighted by Crippen LogP contribution is -2.33. The van der Waals surface area contributed by atoms with Crippen LogP contribution in [0.15, 0.2) is 43.2 Å². The van der Waals surface area contributed by atoms with Gasteiger partial charge in [0.2, 0.25) is 5.91 Å². The van der Waals surface area contributed by atoms with Crippen molar-refractivity contribution in [2.75, 3.05) is 6.54 Å². The molecule has 2 heterocycles. The summed E-state index contributed by atoms with van der Waals surface area (Å²) in [6, 6.07) is 3.29. The van der Waals surface area contributed by atoms with Gasteiger partial charge in [-0.2, -0.15) is 0 Å². The zero-order valence-electron chi connectivity index (χ0n) is 15.2. The van der Waals surface area contributed by atoms with Gasteiger partial charge in [0.15, 0.2) is 0 Å². The molecule has 0 bridgehead atoms. The quantitative estimate of drug-likeness (QED) is 0.215. The standard InChI is InChI=1S/C6H6N2O.C5H10N2O7P2.C2H5NO2/c7-6(9)5-2-1-3-8-4-5;8-5(15(9,10)11,16(12,13)14)3-7-2-1-6-4-7;3-1-2(4)5/h1-4H,(H2,7,9);1-2,4,8H,3H2,(H2,9,10,11)(H2,12,13,14);1,3H2,(H,4,5). The van der Waals surface area contributed by atoms with E-state index in [2.05, 4.69) is 15.7 Å². The summed E-state index contributed by atoms with van der Waals surface area (Å²) < 4.78 is 22.8. The lowest BCUT2D eigenvalue weighted by atomic mass is 10.3. The van der Waals surface area contributed by atoms with E-state index >= 15 is 0 Å². The minimum atomic E-state index is -5.41. The highest BCUT2D eigenvalue weighted by atomic mass is 31.2. The SMILES string of the molecule is NC(=O)c1cccnc1.NCC(=O)O.O=P(O)(O)C(O)(Cn1ccnc1)P(=O)(O)O. The lowest BCUT2D eigenvalue weighted by Gasteiger charge is -2.29. The van der Waals surface area contributed by atoms with Crippen molar-refractivity contribution in [1.82, 2.24) is 14.5 Å². The fourth-order valence-electron chi connectivity index (χ4n) is 1.49. The van der Waals surface area contributed by atoms with Gasteiger partial charge in [-0.25, -0.2) is 4.98 Å². The molecule has 0 saturated heterocycles. The highest BCUT2D eigenvalue weighted by molar-refractivity contribution is 7.72. The molecular weight excluding hydrogens is 448 g/mol. The fraction of sp³-hybridized carbons (Fsp3) is 0.231. The first-order valence-corrected chi connectivity index (χ1v) is 10.8. The van der Waals surface area contributed by atoms with Crippen molar-refractivity contribution in [2.45, 2.75) is 11.6 Å². The summed E-state index contributed by atoms with van der Waals surface area (Å²) in [5, 5.41) is 13.6. The van der Waals surface area contributed by atoms with E-state index in [-0.39, 0.29) is 6.54 Å². The van der Waals surface area contributed by atoms with Crippen molar-refractivity contribution < 1.29 is 48.5 Å². The van der Waals surface area contributed by atoms with E-state index < -0.39 is 38.7 Å². The number of imidazole rings is 1. The molecule has 0 radical (unpaired) electrons. The molecule has 0 aliphatic carbocycles. The van der Waals surface area contributed by atoms with Crippen LogP contribution in [0.3, 0.4) is 0 Å². The Labute approximate surface area is 169 Å². The number of rotatable bonds is 6. The maximum atomic E-state index is 10.9. The fourth-order valence-corrected chi connectivity index (χ4v) is 3.54. The first-order chi connectivity index (χ1) is 13.7. The van der Waals surface area contributed by atoms with Crippen molar-refractivity contribution in [3.05, 3.63) is 48.8 Å². The van der Waals surface area contributed by atoms with E-state index in [9.17, 15) is 23.8 Å². The third-order valence-corrected chi connectivity index (χ3v) is 6.72. The number of aliphatic carboxylic acids is 1. The van der Waals surface area contributed by atoms with Crippen LogP contribution < -0.4 is 11.5 Å². The highest BCUT2D eigenvalue weighted by Crippen LogP contribution is 2.67. The summed E-state index contributed by atoms with van der Waals surface area (Å²) in [6.07, 6.45) is 6.53. The Bertz CT molecular complexity index is 874. The molecule has 0 atom stereocenters. The predicted molar refractivity (Wildman–Crippen MR) is 101 cm³/mol. The molecule has 1 amide bonds. The minimum absolute atomic E-state index is 0.278. The van der Waals surface area contributed by atoms with Gasteiger partial charge in [-0.05, 0) is 12.1 Å². The van der Waals surface area contributed by atoms with Gasteiger partial charge in [0.1, 0.15) is 0 Å². The van der Waals surface area contributed by atoms with E-state index in [4.69, 9.17) is 30.4 Å². The molecular formula is C13H21N5O10P2. The molecule has 10 N–H and O–H groups in total. The smallest absolute Gasteiger partial charge is 0.371 e. The predicted octanol–water partition coefficient (Wildman–Crippen LogP) is -1.91. The Morgan fingerprint density at radius 2 is 1.63 bits per heavy atom. The maximum absolute atomic E-state index is 10.9. The number of carboxylic acid groups (broad SMARTS) is 1. The van der Waals surface area contributed by atoms with Crippen LogP contribution in [-0.2, 0) is 20.5 Å². The van der Waals surface area contributed by atoms with Gasteiger partial charge < -0.3 is 45.8 Å². The molecule has 0 unspecified atom stereocenters. The Morgan fingerprint density at radius 3 is 1.90 bits per heavy atom. The molecule has 30 heavy (non-hydrogen) atoms. The zero-order valence-corrected chi connectivity index (χ0v) is 17.0. The Kier molecular flexibility index (Phi) is 10.7. The highest BCUT2D eigenvalue weighted by Gasteiger charge is 2.59. The third-order valence-electron chi connectivity index (χ3n) is 3.01. The molecule has 0 aromatic carbocycles. The first-order valence-electron chi connectivity index (χ1n) is 7.56. The van der Waals surface area contributed by atoms with Crippen LogP contribution >= 0.6 is 15.2 Å².